The number of primary amides is 1. The number of piperidine rings is 1. The van der Waals surface area contributed by atoms with Gasteiger partial charge in [-0.05, 0) is 36.2 Å². The van der Waals surface area contributed by atoms with E-state index in [0.717, 1.165) is 35.1 Å². The molecule has 0 aromatic heterocycles. The SMILES string of the molecule is COc1ccc2ccccc2c1CN1CCCC(O)(C(N)=O)C1. The van der Waals surface area contributed by atoms with Crippen LogP contribution in [0.3, 0.4) is 0 Å². The van der Waals surface area contributed by atoms with Crippen molar-refractivity contribution in [1.82, 2.24) is 4.90 Å². The van der Waals surface area contributed by atoms with Crippen molar-refractivity contribution in [3.8, 4) is 5.75 Å². The average molecular weight is 314 g/mol. The Labute approximate surface area is 135 Å². The summed E-state index contributed by atoms with van der Waals surface area (Å²) in [6.07, 6.45) is 1.16. The zero-order chi connectivity index (χ0) is 16.4. The van der Waals surface area contributed by atoms with Gasteiger partial charge in [-0.3, -0.25) is 9.69 Å². The van der Waals surface area contributed by atoms with E-state index >= 15 is 0 Å². The molecule has 3 rings (SSSR count). The second-order valence-electron chi connectivity index (χ2n) is 6.18. The fraction of sp³-hybridized carbons (Fsp3) is 0.389. The van der Waals surface area contributed by atoms with Gasteiger partial charge >= 0.3 is 0 Å². The van der Waals surface area contributed by atoms with Crippen LogP contribution in [-0.4, -0.2) is 41.7 Å². The maximum atomic E-state index is 11.5. The van der Waals surface area contributed by atoms with Crippen LogP contribution in [0.2, 0.25) is 0 Å². The van der Waals surface area contributed by atoms with Crippen LogP contribution in [0.1, 0.15) is 18.4 Å². The summed E-state index contributed by atoms with van der Waals surface area (Å²) in [5, 5.41) is 12.7. The van der Waals surface area contributed by atoms with Crippen LogP contribution in [0.5, 0.6) is 5.75 Å². The summed E-state index contributed by atoms with van der Waals surface area (Å²) >= 11 is 0. The van der Waals surface area contributed by atoms with Gasteiger partial charge in [0.25, 0.3) is 5.91 Å². The van der Waals surface area contributed by atoms with Crippen LogP contribution in [0, 0.1) is 0 Å². The number of carbonyl (C=O) groups is 1. The minimum Gasteiger partial charge on any atom is -0.496 e. The molecular weight excluding hydrogens is 292 g/mol. The van der Waals surface area contributed by atoms with E-state index in [9.17, 15) is 9.90 Å². The number of likely N-dealkylation sites (tertiary alicyclic amines) is 1. The molecule has 5 nitrogen and oxygen atoms in total. The number of aliphatic hydroxyl groups is 1. The Morgan fingerprint density at radius 3 is 2.87 bits per heavy atom. The predicted octanol–water partition coefficient (Wildman–Crippen LogP) is 1.66. The molecule has 5 heteroatoms. The second kappa shape index (κ2) is 6.18. The normalized spacial score (nSPS) is 22.2. The molecule has 0 saturated carbocycles. The van der Waals surface area contributed by atoms with Gasteiger partial charge in [-0.1, -0.05) is 30.3 Å². The maximum Gasteiger partial charge on any atom is 0.250 e. The van der Waals surface area contributed by atoms with Crippen molar-refractivity contribution < 1.29 is 14.6 Å². The standard InChI is InChI=1S/C18H22N2O3/c1-23-16-8-7-13-5-2-3-6-14(13)15(16)11-20-10-4-9-18(22,12-20)17(19)21/h2-3,5-8,22H,4,9-12H2,1H3,(H2,19,21). The lowest BCUT2D eigenvalue weighted by Crippen LogP contribution is -2.55. The number of carbonyl (C=O) groups excluding carboxylic acids is 1. The van der Waals surface area contributed by atoms with Crippen LogP contribution < -0.4 is 10.5 Å². The van der Waals surface area contributed by atoms with Gasteiger partial charge < -0.3 is 15.6 Å². The van der Waals surface area contributed by atoms with E-state index in [1.165, 1.54) is 0 Å². The highest BCUT2D eigenvalue weighted by atomic mass is 16.5. The Morgan fingerprint density at radius 2 is 2.13 bits per heavy atom. The quantitative estimate of drug-likeness (QED) is 0.900. The number of fused-ring (bicyclic) bond motifs is 1. The van der Waals surface area contributed by atoms with E-state index in [4.69, 9.17) is 10.5 Å². The lowest BCUT2D eigenvalue weighted by molar-refractivity contribution is -0.142. The zero-order valence-electron chi connectivity index (χ0n) is 13.3. The summed E-state index contributed by atoms with van der Waals surface area (Å²) in [4.78, 5) is 13.6. The fourth-order valence-electron chi connectivity index (χ4n) is 3.35. The van der Waals surface area contributed by atoms with E-state index in [1.807, 2.05) is 24.3 Å². The summed E-state index contributed by atoms with van der Waals surface area (Å²) in [5.74, 6) is 0.170. The Hall–Kier alpha value is -2.11. The van der Waals surface area contributed by atoms with Gasteiger partial charge in [0.2, 0.25) is 0 Å². The lowest BCUT2D eigenvalue weighted by atomic mass is 9.91. The number of amides is 1. The second-order valence-corrected chi connectivity index (χ2v) is 6.18. The third kappa shape index (κ3) is 3.02. The molecule has 1 fully saturated rings. The summed E-state index contributed by atoms with van der Waals surface area (Å²) in [6.45, 7) is 1.69. The number of ether oxygens (including phenoxy) is 1. The monoisotopic (exact) mass is 314 g/mol. The van der Waals surface area contributed by atoms with Crippen molar-refractivity contribution in [2.24, 2.45) is 5.73 Å². The van der Waals surface area contributed by atoms with Gasteiger partial charge in [0, 0.05) is 18.7 Å². The first-order valence-corrected chi connectivity index (χ1v) is 7.83. The summed E-state index contributed by atoms with van der Waals surface area (Å²) in [7, 11) is 1.66. The number of nitrogens with two attached hydrogens (primary N) is 1. The van der Waals surface area contributed by atoms with Gasteiger partial charge in [0.15, 0.2) is 5.60 Å². The summed E-state index contributed by atoms with van der Waals surface area (Å²) < 4.78 is 5.51. The summed E-state index contributed by atoms with van der Waals surface area (Å²) in [5.41, 5.74) is 5.00. The van der Waals surface area contributed by atoms with E-state index in [0.29, 0.717) is 13.0 Å². The van der Waals surface area contributed by atoms with Gasteiger partial charge in [-0.2, -0.15) is 0 Å². The topological polar surface area (TPSA) is 75.8 Å². The number of hydrogen-bond acceptors (Lipinski definition) is 4. The van der Waals surface area contributed by atoms with Crippen LogP contribution in [-0.2, 0) is 11.3 Å². The number of methoxy groups -OCH3 is 1. The number of rotatable bonds is 4. The summed E-state index contributed by atoms with van der Waals surface area (Å²) in [6, 6.07) is 12.1. The van der Waals surface area contributed by atoms with E-state index in [2.05, 4.69) is 17.0 Å². The van der Waals surface area contributed by atoms with E-state index < -0.39 is 11.5 Å². The first kappa shape index (κ1) is 15.8. The molecule has 1 amide bonds. The predicted molar refractivity (Wildman–Crippen MR) is 89.2 cm³/mol. The third-order valence-corrected chi connectivity index (χ3v) is 4.61. The highest BCUT2D eigenvalue weighted by Gasteiger charge is 2.38. The molecule has 0 spiro atoms. The molecule has 122 valence electrons. The average Bonchev–Trinajstić information content (AvgIpc) is 2.55. The molecule has 1 atom stereocenters. The van der Waals surface area contributed by atoms with Gasteiger partial charge in [-0.15, -0.1) is 0 Å². The van der Waals surface area contributed by atoms with Crippen molar-refractivity contribution in [3.05, 3.63) is 42.0 Å². The molecule has 0 aliphatic carbocycles. The molecule has 1 unspecified atom stereocenters. The molecule has 0 radical (unpaired) electrons. The highest BCUT2D eigenvalue weighted by molar-refractivity contribution is 5.88. The maximum absolute atomic E-state index is 11.5. The van der Waals surface area contributed by atoms with E-state index in [-0.39, 0.29) is 6.54 Å². The molecular formula is C18H22N2O3. The molecule has 1 saturated heterocycles. The molecule has 23 heavy (non-hydrogen) atoms. The Bertz CT molecular complexity index is 731. The minimum absolute atomic E-state index is 0.259. The Kier molecular flexibility index (Phi) is 4.24. The number of hydrogen-bond donors (Lipinski definition) is 2. The van der Waals surface area contributed by atoms with Crippen molar-refractivity contribution in [3.63, 3.8) is 0 Å². The first-order valence-electron chi connectivity index (χ1n) is 7.83. The fourth-order valence-corrected chi connectivity index (χ4v) is 3.35. The van der Waals surface area contributed by atoms with Crippen molar-refractivity contribution in [1.29, 1.82) is 0 Å². The van der Waals surface area contributed by atoms with Crippen molar-refractivity contribution >= 4 is 16.7 Å². The molecule has 2 aromatic rings. The Morgan fingerprint density at radius 1 is 1.35 bits per heavy atom. The largest absolute Gasteiger partial charge is 0.496 e. The van der Waals surface area contributed by atoms with Gasteiger partial charge in [0.05, 0.1) is 7.11 Å². The Balaban J connectivity index is 1.93. The van der Waals surface area contributed by atoms with Crippen molar-refractivity contribution in [2.45, 2.75) is 25.0 Å². The number of benzene rings is 2. The van der Waals surface area contributed by atoms with Gasteiger partial charge in [-0.25, -0.2) is 0 Å². The molecule has 1 aliphatic heterocycles. The third-order valence-electron chi connectivity index (χ3n) is 4.61. The van der Waals surface area contributed by atoms with E-state index in [1.54, 1.807) is 7.11 Å². The zero-order valence-corrected chi connectivity index (χ0v) is 13.3. The smallest absolute Gasteiger partial charge is 0.250 e. The van der Waals surface area contributed by atoms with Crippen LogP contribution in [0.25, 0.3) is 10.8 Å². The van der Waals surface area contributed by atoms with Crippen LogP contribution in [0.15, 0.2) is 36.4 Å². The van der Waals surface area contributed by atoms with Gasteiger partial charge in [0.1, 0.15) is 5.75 Å². The van der Waals surface area contributed by atoms with Crippen LogP contribution in [0.4, 0.5) is 0 Å². The van der Waals surface area contributed by atoms with Crippen molar-refractivity contribution in [2.75, 3.05) is 20.2 Å². The first-order chi connectivity index (χ1) is 11.0. The highest BCUT2D eigenvalue weighted by Crippen LogP contribution is 2.31. The number of nitrogens with zero attached hydrogens (tertiary/aromatic N) is 1. The minimum atomic E-state index is -1.43. The molecule has 3 N–H and O–H groups in total. The molecule has 2 aromatic carbocycles. The lowest BCUT2D eigenvalue weighted by Gasteiger charge is -2.37. The molecule has 1 heterocycles. The molecule has 1 aliphatic rings. The molecule has 0 bridgehead atoms. The number of β-amino-alcohol motifs (C(OH)–C–C–N with tert-alkyl or cyclic N) is 1. The van der Waals surface area contributed by atoms with Crippen LogP contribution >= 0.6 is 0 Å².